The maximum atomic E-state index is 13.6. The van der Waals surface area contributed by atoms with Crippen LogP contribution in [0.3, 0.4) is 0 Å². The van der Waals surface area contributed by atoms with E-state index in [2.05, 4.69) is 15.5 Å². The topological polar surface area (TPSA) is 111 Å². The first kappa shape index (κ1) is 25.4. The largest absolute Gasteiger partial charge is 0.497 e. The molecule has 0 spiro atoms. The minimum atomic E-state index is -4.15. The molecule has 4 aromatic rings. The van der Waals surface area contributed by atoms with Gasteiger partial charge in [-0.05, 0) is 54.6 Å². The number of nitrogens with zero attached hydrogens (tertiary/aromatic N) is 3. The Balaban J connectivity index is 1.62. The Morgan fingerprint density at radius 2 is 1.72 bits per heavy atom. The summed E-state index contributed by atoms with van der Waals surface area (Å²) in [6.07, 6.45) is 0. The fraction of sp³-hybridized carbons (Fsp3) is 0.125. The van der Waals surface area contributed by atoms with Gasteiger partial charge in [0.25, 0.3) is 10.0 Å². The number of carbonyl (C=O) groups is 1. The van der Waals surface area contributed by atoms with E-state index in [4.69, 9.17) is 21.1 Å². The molecule has 0 atom stereocenters. The Morgan fingerprint density at radius 1 is 1.00 bits per heavy atom. The van der Waals surface area contributed by atoms with E-state index in [1.165, 1.54) is 31.4 Å². The van der Waals surface area contributed by atoms with Gasteiger partial charge < -0.3 is 9.47 Å². The molecule has 4 rings (SSSR count). The molecule has 0 unspecified atom stereocenters. The van der Waals surface area contributed by atoms with E-state index in [0.717, 1.165) is 21.2 Å². The number of nitrogens with one attached hydrogen (secondary N) is 1. The number of rotatable bonds is 9. The molecule has 3 aromatic carbocycles. The highest BCUT2D eigenvalue weighted by Crippen LogP contribution is 2.35. The van der Waals surface area contributed by atoms with E-state index in [-0.39, 0.29) is 26.5 Å². The van der Waals surface area contributed by atoms with E-state index in [1.54, 1.807) is 43.5 Å². The quantitative estimate of drug-likeness (QED) is 0.325. The predicted octanol–water partition coefficient (Wildman–Crippen LogP) is 4.71. The van der Waals surface area contributed by atoms with Crippen LogP contribution in [-0.2, 0) is 14.8 Å². The van der Waals surface area contributed by atoms with Crippen LogP contribution in [0.25, 0.3) is 10.6 Å². The summed E-state index contributed by atoms with van der Waals surface area (Å²) < 4.78 is 38.6. The van der Waals surface area contributed by atoms with E-state index in [9.17, 15) is 13.2 Å². The third-order valence-electron chi connectivity index (χ3n) is 5.04. The molecule has 9 nitrogen and oxygen atoms in total. The standard InChI is InChI=1S/C24H21ClN4O5S2/c1-33-18-11-8-16(9-12-18)23-27-28-24(35-23)26-22(30)15-29(20-14-17(25)10-13-21(20)34-2)36(31,32)19-6-4-3-5-7-19/h3-14H,15H2,1-2H3,(H,26,28,30). The lowest BCUT2D eigenvalue weighted by molar-refractivity contribution is -0.114. The fourth-order valence-corrected chi connectivity index (χ4v) is 5.67. The Morgan fingerprint density at radius 3 is 2.39 bits per heavy atom. The molecule has 12 heteroatoms. The van der Waals surface area contributed by atoms with Crippen molar-refractivity contribution < 1.29 is 22.7 Å². The molecule has 1 amide bonds. The maximum Gasteiger partial charge on any atom is 0.264 e. The third kappa shape index (κ3) is 5.59. The van der Waals surface area contributed by atoms with Gasteiger partial charge in [0.05, 0.1) is 24.8 Å². The summed E-state index contributed by atoms with van der Waals surface area (Å²) in [6.45, 7) is -0.550. The Labute approximate surface area is 217 Å². The van der Waals surface area contributed by atoms with Gasteiger partial charge in [-0.15, -0.1) is 10.2 Å². The van der Waals surface area contributed by atoms with Crippen LogP contribution in [0.1, 0.15) is 0 Å². The van der Waals surface area contributed by atoms with E-state index in [1.807, 2.05) is 12.1 Å². The highest BCUT2D eigenvalue weighted by molar-refractivity contribution is 7.92. The van der Waals surface area contributed by atoms with Gasteiger partial charge in [-0.2, -0.15) is 0 Å². The third-order valence-corrected chi connectivity index (χ3v) is 7.93. The summed E-state index contributed by atoms with van der Waals surface area (Å²) >= 11 is 7.31. The zero-order chi connectivity index (χ0) is 25.7. The Kier molecular flexibility index (Phi) is 7.73. The van der Waals surface area contributed by atoms with Crippen molar-refractivity contribution in [1.29, 1.82) is 0 Å². The number of ether oxygens (including phenoxy) is 2. The SMILES string of the molecule is COc1ccc(-c2nnc(NC(=O)CN(c3cc(Cl)ccc3OC)S(=O)(=O)c3ccccc3)s2)cc1. The summed E-state index contributed by atoms with van der Waals surface area (Å²) in [4.78, 5) is 13.0. The smallest absolute Gasteiger partial charge is 0.264 e. The average Bonchev–Trinajstić information content (AvgIpc) is 3.36. The molecule has 36 heavy (non-hydrogen) atoms. The van der Waals surface area contributed by atoms with Gasteiger partial charge in [0.15, 0.2) is 0 Å². The van der Waals surface area contributed by atoms with Gasteiger partial charge in [-0.3, -0.25) is 14.4 Å². The lowest BCUT2D eigenvalue weighted by Gasteiger charge is -2.25. The number of hydrogen-bond donors (Lipinski definition) is 1. The summed E-state index contributed by atoms with van der Waals surface area (Å²) in [5, 5.41) is 11.8. The van der Waals surface area contributed by atoms with Crippen molar-refractivity contribution in [2.24, 2.45) is 0 Å². The zero-order valence-electron chi connectivity index (χ0n) is 19.2. The van der Waals surface area contributed by atoms with Gasteiger partial charge in [-0.1, -0.05) is 41.1 Å². The van der Waals surface area contributed by atoms with Crippen LogP contribution in [-0.4, -0.2) is 45.3 Å². The summed E-state index contributed by atoms with van der Waals surface area (Å²) in [5.41, 5.74) is 0.922. The molecule has 0 radical (unpaired) electrons. The zero-order valence-corrected chi connectivity index (χ0v) is 21.6. The maximum absolute atomic E-state index is 13.6. The molecular formula is C24H21ClN4O5S2. The van der Waals surface area contributed by atoms with E-state index >= 15 is 0 Å². The molecule has 186 valence electrons. The van der Waals surface area contributed by atoms with Crippen molar-refractivity contribution >= 4 is 49.7 Å². The first-order valence-corrected chi connectivity index (χ1v) is 13.1. The van der Waals surface area contributed by atoms with Crippen LogP contribution in [0.2, 0.25) is 5.02 Å². The first-order chi connectivity index (χ1) is 17.3. The molecule has 1 heterocycles. The van der Waals surface area contributed by atoms with Crippen LogP contribution in [0.15, 0.2) is 77.7 Å². The van der Waals surface area contributed by atoms with Gasteiger partial charge in [0.2, 0.25) is 11.0 Å². The van der Waals surface area contributed by atoms with Crippen molar-refractivity contribution in [2.45, 2.75) is 4.90 Å². The number of aromatic nitrogens is 2. The number of amides is 1. The van der Waals surface area contributed by atoms with Gasteiger partial charge in [-0.25, -0.2) is 8.42 Å². The molecule has 1 aromatic heterocycles. The predicted molar refractivity (Wildman–Crippen MR) is 140 cm³/mol. The molecule has 0 aliphatic rings. The monoisotopic (exact) mass is 544 g/mol. The molecule has 0 bridgehead atoms. The van der Waals surface area contributed by atoms with Crippen LogP contribution >= 0.6 is 22.9 Å². The van der Waals surface area contributed by atoms with E-state index < -0.39 is 22.5 Å². The molecule has 0 saturated carbocycles. The number of halogens is 1. The number of anilines is 2. The number of benzene rings is 3. The van der Waals surface area contributed by atoms with Crippen molar-refractivity contribution in [1.82, 2.24) is 10.2 Å². The van der Waals surface area contributed by atoms with Crippen LogP contribution in [0.5, 0.6) is 11.5 Å². The second kappa shape index (κ2) is 10.9. The molecule has 0 aliphatic heterocycles. The summed E-state index contributed by atoms with van der Waals surface area (Å²) in [6, 6.07) is 19.6. The molecule has 0 saturated heterocycles. The number of carbonyl (C=O) groups excluding carboxylic acids is 1. The van der Waals surface area contributed by atoms with Gasteiger partial charge in [0.1, 0.15) is 23.1 Å². The van der Waals surface area contributed by atoms with Crippen molar-refractivity contribution in [3.05, 3.63) is 77.8 Å². The van der Waals surface area contributed by atoms with Crippen LogP contribution in [0, 0.1) is 0 Å². The van der Waals surface area contributed by atoms with Crippen molar-refractivity contribution in [3.63, 3.8) is 0 Å². The lowest BCUT2D eigenvalue weighted by Crippen LogP contribution is -2.38. The Hall–Kier alpha value is -3.67. The normalized spacial score (nSPS) is 11.1. The van der Waals surface area contributed by atoms with E-state index in [0.29, 0.717) is 10.8 Å². The van der Waals surface area contributed by atoms with Crippen LogP contribution < -0.4 is 19.1 Å². The first-order valence-electron chi connectivity index (χ1n) is 10.5. The van der Waals surface area contributed by atoms with Crippen molar-refractivity contribution in [3.8, 4) is 22.1 Å². The highest BCUT2D eigenvalue weighted by atomic mass is 35.5. The number of sulfonamides is 1. The molecule has 1 N–H and O–H groups in total. The summed E-state index contributed by atoms with van der Waals surface area (Å²) in [5.74, 6) is 0.325. The summed E-state index contributed by atoms with van der Waals surface area (Å²) in [7, 11) is -1.16. The van der Waals surface area contributed by atoms with Crippen LogP contribution in [0.4, 0.5) is 10.8 Å². The lowest BCUT2D eigenvalue weighted by atomic mass is 10.2. The molecule has 0 aliphatic carbocycles. The Bertz CT molecular complexity index is 1460. The van der Waals surface area contributed by atoms with Gasteiger partial charge >= 0.3 is 0 Å². The molecular weight excluding hydrogens is 524 g/mol. The second-order valence-electron chi connectivity index (χ2n) is 7.33. The fourth-order valence-electron chi connectivity index (χ4n) is 3.29. The minimum absolute atomic E-state index is 0.0116. The van der Waals surface area contributed by atoms with Crippen molar-refractivity contribution in [2.75, 3.05) is 30.4 Å². The highest BCUT2D eigenvalue weighted by Gasteiger charge is 2.30. The molecule has 0 fully saturated rings. The number of methoxy groups -OCH3 is 2. The van der Waals surface area contributed by atoms with Gasteiger partial charge in [0, 0.05) is 10.6 Å². The second-order valence-corrected chi connectivity index (χ2v) is 10.6. The average molecular weight is 545 g/mol. The number of hydrogen-bond acceptors (Lipinski definition) is 8. The minimum Gasteiger partial charge on any atom is -0.497 e.